The van der Waals surface area contributed by atoms with E-state index in [9.17, 15) is 13.2 Å². The second-order valence-corrected chi connectivity index (χ2v) is 6.88. The van der Waals surface area contributed by atoms with Gasteiger partial charge in [-0.05, 0) is 31.0 Å². The van der Waals surface area contributed by atoms with Crippen molar-refractivity contribution in [3.63, 3.8) is 0 Å². The van der Waals surface area contributed by atoms with Crippen molar-refractivity contribution in [2.75, 3.05) is 6.54 Å². The molecule has 0 heterocycles. The number of carboxylic acid groups (broad SMARTS) is 1. The van der Waals surface area contributed by atoms with Gasteiger partial charge in [-0.2, -0.15) is 0 Å². The van der Waals surface area contributed by atoms with Crippen LogP contribution in [-0.4, -0.2) is 26.0 Å². The van der Waals surface area contributed by atoms with Gasteiger partial charge in [0.05, 0.1) is 5.02 Å². The lowest BCUT2D eigenvalue weighted by Crippen LogP contribution is -2.25. The average molecular weight is 371 g/mol. The van der Waals surface area contributed by atoms with E-state index in [1.165, 1.54) is 12.1 Å². The molecule has 19 heavy (non-hydrogen) atoms. The van der Waals surface area contributed by atoms with Gasteiger partial charge in [-0.25, -0.2) is 13.1 Å². The van der Waals surface area contributed by atoms with E-state index in [2.05, 4.69) is 20.7 Å². The summed E-state index contributed by atoms with van der Waals surface area (Å²) in [5, 5.41) is 8.58. The second-order valence-electron chi connectivity index (χ2n) is 3.82. The summed E-state index contributed by atoms with van der Waals surface area (Å²) < 4.78 is 26.9. The third kappa shape index (κ3) is 5.48. The fraction of sp³-hybridized carbons (Fsp3) is 0.364. The van der Waals surface area contributed by atoms with Gasteiger partial charge in [0.1, 0.15) is 4.90 Å². The monoisotopic (exact) mass is 369 g/mol. The number of aliphatic carboxylic acids is 1. The van der Waals surface area contributed by atoms with E-state index in [1.807, 2.05) is 0 Å². The van der Waals surface area contributed by atoms with Crippen LogP contribution in [-0.2, 0) is 14.8 Å². The van der Waals surface area contributed by atoms with Gasteiger partial charge in [0.15, 0.2) is 0 Å². The van der Waals surface area contributed by atoms with Gasteiger partial charge in [-0.1, -0.05) is 27.5 Å². The third-order valence-corrected chi connectivity index (χ3v) is 4.73. The maximum atomic E-state index is 11.9. The Morgan fingerprint density at radius 2 is 2.05 bits per heavy atom. The number of hydrogen-bond acceptors (Lipinski definition) is 3. The molecule has 1 rings (SSSR count). The van der Waals surface area contributed by atoms with Gasteiger partial charge in [-0.3, -0.25) is 4.79 Å². The van der Waals surface area contributed by atoms with Gasteiger partial charge >= 0.3 is 5.97 Å². The number of unbranched alkanes of at least 4 members (excludes halogenated alkanes) is 1. The summed E-state index contributed by atoms with van der Waals surface area (Å²) in [4.78, 5) is 10.3. The molecule has 106 valence electrons. The minimum atomic E-state index is -3.66. The molecule has 0 aromatic heterocycles. The molecule has 0 spiro atoms. The summed E-state index contributed by atoms with van der Waals surface area (Å²) in [5.74, 6) is -0.890. The zero-order chi connectivity index (χ0) is 14.5. The molecule has 0 aliphatic heterocycles. The second kappa shape index (κ2) is 7.23. The zero-order valence-corrected chi connectivity index (χ0v) is 13.1. The first-order valence-corrected chi connectivity index (χ1v) is 8.15. The maximum Gasteiger partial charge on any atom is 0.303 e. The van der Waals surface area contributed by atoms with E-state index in [-0.39, 0.29) is 22.9 Å². The summed E-state index contributed by atoms with van der Waals surface area (Å²) in [7, 11) is -3.66. The van der Waals surface area contributed by atoms with Crippen LogP contribution in [0.4, 0.5) is 0 Å². The smallest absolute Gasteiger partial charge is 0.303 e. The van der Waals surface area contributed by atoms with Crippen LogP contribution in [0.3, 0.4) is 0 Å². The number of carbonyl (C=O) groups is 1. The van der Waals surface area contributed by atoms with Crippen molar-refractivity contribution < 1.29 is 18.3 Å². The zero-order valence-electron chi connectivity index (χ0n) is 9.90. The van der Waals surface area contributed by atoms with E-state index in [1.54, 1.807) is 6.07 Å². The Kier molecular flexibility index (Phi) is 6.25. The molecule has 0 aliphatic rings. The van der Waals surface area contributed by atoms with Crippen LogP contribution in [0, 0.1) is 0 Å². The highest BCUT2D eigenvalue weighted by molar-refractivity contribution is 9.10. The van der Waals surface area contributed by atoms with Crippen LogP contribution >= 0.6 is 27.5 Å². The summed E-state index contributed by atoms with van der Waals surface area (Å²) in [6.45, 7) is 0.183. The maximum absolute atomic E-state index is 11.9. The first-order chi connectivity index (χ1) is 8.83. The van der Waals surface area contributed by atoms with E-state index in [0.29, 0.717) is 17.3 Å². The predicted octanol–water partition coefficient (Wildman–Crippen LogP) is 2.64. The first kappa shape index (κ1) is 16.4. The third-order valence-electron chi connectivity index (χ3n) is 2.29. The molecular formula is C11H13BrClNO4S. The van der Waals surface area contributed by atoms with Gasteiger partial charge in [0.2, 0.25) is 10.0 Å². The molecule has 1 aromatic carbocycles. The molecule has 1 aromatic rings. The normalized spacial score (nSPS) is 11.5. The average Bonchev–Trinajstić information content (AvgIpc) is 2.27. The van der Waals surface area contributed by atoms with E-state index < -0.39 is 16.0 Å². The lowest BCUT2D eigenvalue weighted by molar-refractivity contribution is -0.137. The number of sulfonamides is 1. The summed E-state index contributed by atoms with van der Waals surface area (Å²) in [5.41, 5.74) is 0. The minimum absolute atomic E-state index is 0.00982. The SMILES string of the molecule is O=C(O)CCCCNS(=O)(=O)c1ccc(Br)cc1Cl. The first-order valence-electron chi connectivity index (χ1n) is 5.49. The molecule has 0 unspecified atom stereocenters. The van der Waals surface area contributed by atoms with Crippen molar-refractivity contribution in [2.24, 2.45) is 0 Å². The van der Waals surface area contributed by atoms with Crippen LogP contribution in [0.2, 0.25) is 5.02 Å². The number of carboxylic acids is 1. The fourth-order valence-electron chi connectivity index (χ4n) is 1.38. The molecule has 0 saturated heterocycles. The Morgan fingerprint density at radius 3 is 2.63 bits per heavy atom. The standard InChI is InChI=1S/C11H13BrClNO4S/c12-8-4-5-10(9(13)7-8)19(17,18)14-6-2-1-3-11(15)16/h4-5,7,14H,1-3,6H2,(H,15,16). The molecule has 8 heteroatoms. The van der Waals surface area contributed by atoms with Crippen LogP contribution in [0.5, 0.6) is 0 Å². The van der Waals surface area contributed by atoms with Crippen molar-refractivity contribution in [1.82, 2.24) is 4.72 Å². The molecule has 0 amide bonds. The molecule has 0 fully saturated rings. The Morgan fingerprint density at radius 1 is 1.37 bits per heavy atom. The lowest BCUT2D eigenvalue weighted by atomic mass is 10.2. The molecule has 2 N–H and O–H groups in total. The number of rotatable bonds is 7. The quantitative estimate of drug-likeness (QED) is 0.723. The van der Waals surface area contributed by atoms with Crippen LogP contribution in [0.1, 0.15) is 19.3 Å². The molecule has 0 aliphatic carbocycles. The van der Waals surface area contributed by atoms with Gasteiger partial charge < -0.3 is 5.11 Å². The van der Waals surface area contributed by atoms with Crippen molar-refractivity contribution in [3.8, 4) is 0 Å². The highest BCUT2D eigenvalue weighted by Crippen LogP contribution is 2.24. The topological polar surface area (TPSA) is 83.5 Å². The Hall–Kier alpha value is -0.630. The van der Waals surface area contributed by atoms with Crippen molar-refractivity contribution in [1.29, 1.82) is 0 Å². The van der Waals surface area contributed by atoms with Crippen LogP contribution < -0.4 is 4.72 Å². The molecule has 0 bridgehead atoms. The lowest BCUT2D eigenvalue weighted by Gasteiger charge is -2.08. The summed E-state index contributed by atoms with van der Waals surface area (Å²) in [6.07, 6.45) is 0.909. The van der Waals surface area contributed by atoms with E-state index in [0.717, 1.165) is 0 Å². The molecular weight excluding hydrogens is 358 g/mol. The number of benzene rings is 1. The molecule has 0 radical (unpaired) electrons. The molecule has 0 saturated carbocycles. The summed E-state index contributed by atoms with van der Waals surface area (Å²) >= 11 is 9.06. The number of nitrogens with one attached hydrogen (secondary N) is 1. The highest BCUT2D eigenvalue weighted by atomic mass is 79.9. The van der Waals surface area contributed by atoms with Crippen molar-refractivity contribution >= 4 is 43.5 Å². The van der Waals surface area contributed by atoms with Crippen molar-refractivity contribution in [2.45, 2.75) is 24.2 Å². The summed E-state index contributed by atoms with van der Waals surface area (Å²) in [6, 6.07) is 4.50. The minimum Gasteiger partial charge on any atom is -0.481 e. The Labute approximate surface area is 125 Å². The molecule has 5 nitrogen and oxygen atoms in total. The van der Waals surface area contributed by atoms with Crippen LogP contribution in [0.15, 0.2) is 27.6 Å². The highest BCUT2D eigenvalue weighted by Gasteiger charge is 2.17. The Bertz CT molecular complexity index is 562. The van der Waals surface area contributed by atoms with Crippen LogP contribution in [0.25, 0.3) is 0 Å². The van der Waals surface area contributed by atoms with Crippen molar-refractivity contribution in [3.05, 3.63) is 27.7 Å². The fourth-order valence-corrected chi connectivity index (χ4v) is 3.49. The van der Waals surface area contributed by atoms with E-state index in [4.69, 9.17) is 16.7 Å². The predicted molar refractivity (Wildman–Crippen MR) is 75.8 cm³/mol. The number of halogens is 2. The Balaban J connectivity index is 2.59. The van der Waals surface area contributed by atoms with Gasteiger partial charge in [-0.15, -0.1) is 0 Å². The van der Waals surface area contributed by atoms with E-state index >= 15 is 0 Å². The van der Waals surface area contributed by atoms with Gasteiger partial charge in [0, 0.05) is 17.4 Å². The molecule has 0 atom stereocenters. The van der Waals surface area contributed by atoms with Gasteiger partial charge in [0.25, 0.3) is 0 Å². The number of hydrogen-bond donors (Lipinski definition) is 2. The largest absolute Gasteiger partial charge is 0.481 e.